The molecule has 0 aliphatic carbocycles. The molecule has 0 bridgehead atoms. The number of nitrogens with zero attached hydrogens (tertiary/aromatic N) is 2. The lowest BCUT2D eigenvalue weighted by molar-refractivity contribution is -0.387. The van der Waals surface area contributed by atoms with Gasteiger partial charge in [-0.25, -0.2) is 4.98 Å². The molecule has 0 aliphatic rings. The molecule has 2 aromatic rings. The van der Waals surface area contributed by atoms with Crippen molar-refractivity contribution in [2.45, 2.75) is 0 Å². The number of anilines is 2. The number of amides is 1. The Morgan fingerprint density at radius 3 is 2.75 bits per heavy atom. The highest BCUT2D eigenvalue weighted by Crippen LogP contribution is 2.21. The third kappa shape index (κ3) is 2.69. The molecule has 0 aliphatic heterocycles. The van der Waals surface area contributed by atoms with Crippen LogP contribution >= 0.6 is 0 Å². The normalized spacial score (nSPS) is 10.1. The lowest BCUT2D eigenvalue weighted by atomic mass is 10.2. The van der Waals surface area contributed by atoms with Crippen LogP contribution in [-0.4, -0.2) is 15.8 Å². The number of nitro groups is 1. The summed E-state index contributed by atoms with van der Waals surface area (Å²) in [5, 5.41) is 12.9. The predicted molar refractivity (Wildman–Crippen MR) is 69.7 cm³/mol. The number of pyridine rings is 1. The van der Waals surface area contributed by atoms with Crippen molar-refractivity contribution >= 4 is 23.1 Å². The highest BCUT2D eigenvalue weighted by atomic mass is 19.1. The van der Waals surface area contributed by atoms with Gasteiger partial charge in [-0.05, 0) is 18.2 Å². The van der Waals surface area contributed by atoms with Crippen molar-refractivity contribution in [2.24, 2.45) is 0 Å². The van der Waals surface area contributed by atoms with Crippen LogP contribution < -0.4 is 11.1 Å². The molecular formula is C12H9FN4O3. The number of nitrogen functional groups attached to an aromatic ring is 1. The van der Waals surface area contributed by atoms with Crippen LogP contribution in [-0.2, 0) is 0 Å². The van der Waals surface area contributed by atoms with Gasteiger partial charge in [-0.1, -0.05) is 0 Å². The van der Waals surface area contributed by atoms with Gasteiger partial charge in [-0.15, -0.1) is 0 Å². The molecule has 0 unspecified atom stereocenters. The van der Waals surface area contributed by atoms with E-state index in [1.54, 1.807) is 0 Å². The average molecular weight is 276 g/mol. The van der Waals surface area contributed by atoms with Crippen molar-refractivity contribution in [3.05, 3.63) is 58.0 Å². The van der Waals surface area contributed by atoms with E-state index in [0.29, 0.717) is 0 Å². The molecule has 2 rings (SSSR count). The molecule has 0 radical (unpaired) electrons. The number of benzene rings is 1. The summed E-state index contributed by atoms with van der Waals surface area (Å²) in [4.78, 5) is 25.3. The maximum Gasteiger partial charge on any atom is 0.304 e. The van der Waals surface area contributed by atoms with E-state index in [1.165, 1.54) is 24.4 Å². The van der Waals surface area contributed by atoms with Gasteiger partial charge in [0.25, 0.3) is 5.91 Å². The Balaban J connectivity index is 2.23. The zero-order valence-electron chi connectivity index (χ0n) is 10.0. The van der Waals surface area contributed by atoms with Gasteiger partial charge in [0.1, 0.15) is 5.82 Å². The number of nitrogens with one attached hydrogen (secondary N) is 1. The maximum absolute atomic E-state index is 13.4. The topological polar surface area (TPSA) is 111 Å². The zero-order chi connectivity index (χ0) is 14.7. The summed E-state index contributed by atoms with van der Waals surface area (Å²) in [7, 11) is 0. The number of rotatable bonds is 3. The van der Waals surface area contributed by atoms with E-state index < -0.39 is 22.3 Å². The second kappa shape index (κ2) is 5.31. The fraction of sp³-hybridized carbons (Fsp3) is 0. The number of aromatic nitrogens is 1. The highest BCUT2D eigenvalue weighted by Gasteiger charge is 2.16. The van der Waals surface area contributed by atoms with Crippen LogP contribution in [0.15, 0.2) is 36.5 Å². The largest absolute Gasteiger partial charge is 0.383 e. The van der Waals surface area contributed by atoms with Gasteiger partial charge >= 0.3 is 5.69 Å². The molecule has 102 valence electrons. The number of hydrogen-bond acceptors (Lipinski definition) is 5. The molecule has 3 N–H and O–H groups in total. The third-order valence-corrected chi connectivity index (χ3v) is 2.49. The lowest BCUT2D eigenvalue weighted by Gasteiger charge is -2.06. The molecule has 1 aromatic heterocycles. The molecule has 1 amide bonds. The molecular weight excluding hydrogens is 267 g/mol. The summed E-state index contributed by atoms with van der Waals surface area (Å²) in [6.07, 6.45) is 1.43. The third-order valence-electron chi connectivity index (χ3n) is 2.49. The van der Waals surface area contributed by atoms with Crippen LogP contribution in [0.25, 0.3) is 0 Å². The van der Waals surface area contributed by atoms with Crippen LogP contribution in [0, 0.1) is 15.9 Å². The maximum atomic E-state index is 13.4. The number of carbonyl (C=O) groups excluding carboxylic acids is 1. The Hall–Kier alpha value is -3.03. The van der Waals surface area contributed by atoms with Crippen LogP contribution in [0.2, 0.25) is 0 Å². The standard InChI is InChI=1S/C12H9FN4O3/c13-9-6-7(3-4-10(9)17(19)20)16-12(18)8-2-1-5-15-11(8)14/h1-6H,(H2,14,15)(H,16,18). The number of carbonyl (C=O) groups is 1. The first-order chi connectivity index (χ1) is 9.49. The van der Waals surface area contributed by atoms with E-state index in [2.05, 4.69) is 10.3 Å². The molecule has 20 heavy (non-hydrogen) atoms. The summed E-state index contributed by atoms with van der Waals surface area (Å²) in [5.41, 5.74) is 5.09. The fourth-order valence-electron chi connectivity index (χ4n) is 1.54. The van der Waals surface area contributed by atoms with Gasteiger partial charge in [-0.2, -0.15) is 4.39 Å². The summed E-state index contributed by atoms with van der Waals surface area (Å²) >= 11 is 0. The minimum atomic E-state index is -1.04. The number of hydrogen-bond donors (Lipinski definition) is 2. The second-order valence-electron chi connectivity index (χ2n) is 3.81. The van der Waals surface area contributed by atoms with E-state index in [0.717, 1.165) is 12.1 Å². The number of nitro benzene ring substituents is 1. The average Bonchev–Trinajstić information content (AvgIpc) is 2.38. The van der Waals surface area contributed by atoms with Crippen molar-refractivity contribution in [3.8, 4) is 0 Å². The first-order valence-electron chi connectivity index (χ1n) is 5.45. The Bertz CT molecular complexity index is 690. The first kappa shape index (κ1) is 13.4. The Kier molecular flexibility index (Phi) is 3.56. The lowest BCUT2D eigenvalue weighted by Crippen LogP contribution is -2.14. The Morgan fingerprint density at radius 1 is 1.40 bits per heavy atom. The molecule has 0 fully saturated rings. The molecule has 0 atom stereocenters. The summed E-state index contributed by atoms with van der Waals surface area (Å²) in [5.74, 6) is -1.58. The second-order valence-corrected chi connectivity index (χ2v) is 3.81. The summed E-state index contributed by atoms with van der Waals surface area (Å²) in [6, 6.07) is 6.05. The monoisotopic (exact) mass is 276 g/mol. The molecule has 8 heteroatoms. The van der Waals surface area contributed by atoms with Crippen LogP contribution in [0.5, 0.6) is 0 Å². The molecule has 0 saturated heterocycles. The molecule has 1 heterocycles. The van der Waals surface area contributed by atoms with E-state index in [1.807, 2.05) is 0 Å². The Morgan fingerprint density at radius 2 is 2.15 bits per heavy atom. The van der Waals surface area contributed by atoms with E-state index in [4.69, 9.17) is 5.73 Å². The van der Waals surface area contributed by atoms with Gasteiger partial charge in [-0.3, -0.25) is 14.9 Å². The minimum Gasteiger partial charge on any atom is -0.383 e. The predicted octanol–water partition coefficient (Wildman–Crippen LogP) is 1.96. The molecule has 0 spiro atoms. The van der Waals surface area contributed by atoms with Gasteiger partial charge in [0, 0.05) is 24.0 Å². The summed E-state index contributed by atoms with van der Waals surface area (Å²) < 4.78 is 13.4. The van der Waals surface area contributed by atoms with Crippen molar-refractivity contribution in [1.82, 2.24) is 4.98 Å². The first-order valence-corrected chi connectivity index (χ1v) is 5.45. The van der Waals surface area contributed by atoms with E-state index >= 15 is 0 Å². The van der Waals surface area contributed by atoms with Gasteiger partial charge in [0.2, 0.25) is 5.82 Å². The van der Waals surface area contributed by atoms with Crippen LogP contribution in [0.4, 0.5) is 21.6 Å². The van der Waals surface area contributed by atoms with Crippen molar-refractivity contribution in [2.75, 3.05) is 11.1 Å². The van der Waals surface area contributed by atoms with E-state index in [9.17, 15) is 19.3 Å². The quantitative estimate of drug-likeness (QED) is 0.657. The fourth-order valence-corrected chi connectivity index (χ4v) is 1.54. The smallest absolute Gasteiger partial charge is 0.304 e. The number of nitrogens with two attached hydrogens (primary N) is 1. The van der Waals surface area contributed by atoms with E-state index in [-0.39, 0.29) is 17.1 Å². The highest BCUT2D eigenvalue weighted by molar-refractivity contribution is 6.07. The van der Waals surface area contributed by atoms with Gasteiger partial charge < -0.3 is 11.1 Å². The molecule has 1 aromatic carbocycles. The summed E-state index contributed by atoms with van der Waals surface area (Å²) in [6.45, 7) is 0. The number of halogens is 1. The SMILES string of the molecule is Nc1ncccc1C(=O)Nc1ccc([N+](=O)[O-])c(F)c1. The Labute approximate surface area is 112 Å². The van der Waals surface area contributed by atoms with Crippen LogP contribution in [0.3, 0.4) is 0 Å². The van der Waals surface area contributed by atoms with Crippen molar-refractivity contribution < 1.29 is 14.1 Å². The van der Waals surface area contributed by atoms with Gasteiger partial charge in [0.15, 0.2) is 0 Å². The van der Waals surface area contributed by atoms with Crippen molar-refractivity contribution in [1.29, 1.82) is 0 Å². The van der Waals surface area contributed by atoms with Crippen LogP contribution in [0.1, 0.15) is 10.4 Å². The van der Waals surface area contributed by atoms with Gasteiger partial charge in [0.05, 0.1) is 10.5 Å². The minimum absolute atomic E-state index is 0.0346. The molecule has 0 saturated carbocycles. The zero-order valence-corrected chi connectivity index (χ0v) is 10.0. The molecule has 7 nitrogen and oxygen atoms in total. The van der Waals surface area contributed by atoms with Crippen molar-refractivity contribution in [3.63, 3.8) is 0 Å².